The molecule has 0 spiro atoms. The highest BCUT2D eigenvalue weighted by molar-refractivity contribution is 8.00. The van der Waals surface area contributed by atoms with E-state index in [0.717, 1.165) is 3.71 Å². The molecule has 0 rings (SSSR count). The summed E-state index contributed by atoms with van der Waals surface area (Å²) in [6.07, 6.45) is 0. The molecule has 0 amide bonds. The van der Waals surface area contributed by atoms with E-state index >= 15 is 0 Å². The highest BCUT2D eigenvalue weighted by atomic mass is 32.3. The van der Waals surface area contributed by atoms with Crippen molar-refractivity contribution in [2.75, 3.05) is 0 Å². The van der Waals surface area contributed by atoms with Crippen molar-refractivity contribution >= 4 is 22.8 Å². The zero-order valence-corrected chi connectivity index (χ0v) is 8.98. The molecule has 0 aliphatic heterocycles. The predicted molar refractivity (Wildman–Crippen MR) is 50.0 cm³/mol. The fourth-order valence-corrected chi connectivity index (χ4v) is 2.10. The van der Waals surface area contributed by atoms with E-state index in [1.165, 1.54) is 0 Å². The molecular weight excluding hydrogens is 182 g/mol. The average Bonchev–Trinajstić information content (AvgIpc) is 1.85. The maximum Gasteiger partial charge on any atom is 0.225 e. The van der Waals surface area contributed by atoms with Gasteiger partial charge in [0, 0.05) is 6.04 Å². The minimum absolute atomic E-state index is 0.0919. The molecule has 3 nitrogen and oxygen atoms in total. The molecule has 0 aliphatic carbocycles. The second kappa shape index (κ2) is 3.78. The molecule has 0 aromatic heterocycles. The third-order valence-electron chi connectivity index (χ3n) is 1.30. The van der Waals surface area contributed by atoms with Crippen LogP contribution in [0.1, 0.15) is 27.7 Å². The van der Waals surface area contributed by atoms with Crippen LogP contribution < -0.4 is 0 Å². The van der Waals surface area contributed by atoms with Crippen LogP contribution in [0.5, 0.6) is 0 Å². The number of hydrogen-bond donors (Lipinski definition) is 1. The first-order chi connectivity index (χ1) is 4.80. The second-order valence-corrected chi connectivity index (χ2v) is 6.03. The molecule has 0 bridgehead atoms. The van der Waals surface area contributed by atoms with Gasteiger partial charge in [-0.1, -0.05) is 12.8 Å². The van der Waals surface area contributed by atoms with Crippen LogP contribution in [-0.2, 0) is 10.0 Å². The van der Waals surface area contributed by atoms with Gasteiger partial charge < -0.3 is 0 Å². The lowest BCUT2D eigenvalue weighted by molar-refractivity contribution is 0.497. The maximum atomic E-state index is 11.3. The molecule has 0 aromatic rings. The van der Waals surface area contributed by atoms with Crippen molar-refractivity contribution in [1.82, 2.24) is 3.71 Å². The summed E-state index contributed by atoms with van der Waals surface area (Å²) in [6, 6.07) is -0.0919. The van der Waals surface area contributed by atoms with Crippen molar-refractivity contribution in [3.05, 3.63) is 0 Å². The monoisotopic (exact) mass is 197 g/mol. The molecular formula is C6H15NO2S2. The molecule has 11 heavy (non-hydrogen) atoms. The first kappa shape index (κ1) is 11.3. The maximum absolute atomic E-state index is 11.3. The van der Waals surface area contributed by atoms with E-state index in [9.17, 15) is 8.42 Å². The van der Waals surface area contributed by atoms with Crippen LogP contribution in [0.2, 0.25) is 0 Å². The Hall–Kier alpha value is 0.260. The minimum Gasteiger partial charge on any atom is -0.211 e. The van der Waals surface area contributed by atoms with Gasteiger partial charge in [0.15, 0.2) is 0 Å². The Labute approximate surface area is 74.4 Å². The lowest BCUT2D eigenvalue weighted by atomic mass is 10.4. The molecule has 0 aliphatic rings. The van der Waals surface area contributed by atoms with E-state index in [2.05, 4.69) is 12.8 Å². The lowest BCUT2D eigenvalue weighted by Gasteiger charge is -2.21. The third kappa shape index (κ3) is 2.65. The summed E-state index contributed by atoms with van der Waals surface area (Å²) in [5.41, 5.74) is 0. The van der Waals surface area contributed by atoms with Crippen molar-refractivity contribution in [3.8, 4) is 0 Å². The van der Waals surface area contributed by atoms with Gasteiger partial charge in [-0.25, -0.2) is 8.42 Å². The highest BCUT2D eigenvalue weighted by Crippen LogP contribution is 2.14. The van der Waals surface area contributed by atoms with Gasteiger partial charge in [0.25, 0.3) is 0 Å². The Morgan fingerprint density at radius 1 is 1.18 bits per heavy atom. The van der Waals surface area contributed by atoms with Gasteiger partial charge >= 0.3 is 0 Å². The summed E-state index contributed by atoms with van der Waals surface area (Å²) >= 11 is 3.89. The fourth-order valence-electron chi connectivity index (χ4n) is 0.510. The SMILES string of the molecule is CC(C)N(S)S(=O)(=O)C(C)C. The number of sulfonamides is 1. The summed E-state index contributed by atoms with van der Waals surface area (Å²) in [5.74, 6) is 0. The number of hydrogen-bond acceptors (Lipinski definition) is 3. The smallest absolute Gasteiger partial charge is 0.211 e. The minimum atomic E-state index is -3.18. The Kier molecular flexibility index (Phi) is 3.87. The van der Waals surface area contributed by atoms with E-state index in [4.69, 9.17) is 0 Å². The lowest BCUT2D eigenvalue weighted by Crippen LogP contribution is -2.33. The Morgan fingerprint density at radius 2 is 1.55 bits per heavy atom. The molecule has 0 fully saturated rings. The van der Waals surface area contributed by atoms with Crippen molar-refractivity contribution in [2.24, 2.45) is 0 Å². The zero-order valence-electron chi connectivity index (χ0n) is 7.27. The molecule has 0 atom stereocenters. The van der Waals surface area contributed by atoms with Crippen LogP contribution in [0.3, 0.4) is 0 Å². The Morgan fingerprint density at radius 3 is 1.64 bits per heavy atom. The summed E-state index contributed by atoms with van der Waals surface area (Å²) in [6.45, 7) is 6.85. The average molecular weight is 197 g/mol. The molecule has 0 saturated carbocycles. The number of nitrogens with zero attached hydrogens (tertiary/aromatic N) is 1. The normalized spacial score (nSPS) is 13.5. The van der Waals surface area contributed by atoms with Gasteiger partial charge in [-0.2, -0.15) is 0 Å². The Bertz CT molecular complexity index is 209. The van der Waals surface area contributed by atoms with E-state index in [0.29, 0.717) is 0 Å². The molecule has 0 radical (unpaired) electrons. The first-order valence-corrected chi connectivity index (χ1v) is 5.42. The zero-order chi connectivity index (χ0) is 9.23. The molecule has 0 N–H and O–H groups in total. The molecule has 0 aromatic carbocycles. The third-order valence-corrected chi connectivity index (χ3v) is 4.58. The van der Waals surface area contributed by atoms with Gasteiger partial charge in [0.1, 0.15) is 0 Å². The largest absolute Gasteiger partial charge is 0.225 e. The standard InChI is InChI=1S/C6H15NO2S2/c1-5(2)7(10)11(8,9)6(3)4/h5-6,10H,1-4H3. The van der Waals surface area contributed by atoms with Crippen molar-refractivity contribution in [2.45, 2.75) is 39.0 Å². The summed E-state index contributed by atoms with van der Waals surface area (Å²) in [4.78, 5) is 0. The summed E-state index contributed by atoms with van der Waals surface area (Å²) in [7, 11) is -3.18. The van der Waals surface area contributed by atoms with Gasteiger partial charge in [0.05, 0.1) is 5.25 Å². The van der Waals surface area contributed by atoms with E-state index in [1.807, 2.05) is 0 Å². The quantitative estimate of drug-likeness (QED) is 0.692. The number of rotatable bonds is 3. The van der Waals surface area contributed by atoms with Gasteiger partial charge in [0.2, 0.25) is 10.0 Å². The van der Waals surface area contributed by atoms with E-state index in [1.54, 1.807) is 27.7 Å². The predicted octanol–water partition coefficient (Wildman–Crippen LogP) is 1.28. The van der Waals surface area contributed by atoms with Crippen LogP contribution in [-0.4, -0.2) is 23.4 Å². The Balaban J connectivity index is 4.58. The topological polar surface area (TPSA) is 37.4 Å². The first-order valence-electron chi connectivity index (χ1n) is 3.52. The van der Waals surface area contributed by atoms with Crippen LogP contribution in [0, 0.1) is 0 Å². The molecule has 0 heterocycles. The fraction of sp³-hybridized carbons (Fsp3) is 1.00. The summed E-state index contributed by atoms with van der Waals surface area (Å²) in [5, 5.41) is -0.401. The van der Waals surface area contributed by atoms with E-state index in [-0.39, 0.29) is 6.04 Å². The number of thiol groups is 1. The molecule has 0 unspecified atom stereocenters. The van der Waals surface area contributed by atoms with Crippen LogP contribution in [0.15, 0.2) is 0 Å². The van der Waals surface area contributed by atoms with Gasteiger partial charge in [-0.3, -0.25) is 0 Å². The van der Waals surface area contributed by atoms with Gasteiger partial charge in [-0.05, 0) is 27.7 Å². The van der Waals surface area contributed by atoms with Crippen LogP contribution in [0.4, 0.5) is 0 Å². The van der Waals surface area contributed by atoms with Crippen LogP contribution in [0.25, 0.3) is 0 Å². The molecule has 68 valence electrons. The summed E-state index contributed by atoms with van der Waals surface area (Å²) < 4.78 is 23.7. The van der Waals surface area contributed by atoms with Crippen molar-refractivity contribution < 1.29 is 8.42 Å². The van der Waals surface area contributed by atoms with Gasteiger partial charge in [-0.15, -0.1) is 3.71 Å². The van der Waals surface area contributed by atoms with E-state index < -0.39 is 15.3 Å². The van der Waals surface area contributed by atoms with Crippen molar-refractivity contribution in [3.63, 3.8) is 0 Å². The second-order valence-electron chi connectivity index (χ2n) is 2.96. The van der Waals surface area contributed by atoms with Crippen molar-refractivity contribution in [1.29, 1.82) is 0 Å². The molecule has 0 saturated heterocycles. The van der Waals surface area contributed by atoms with Crippen LogP contribution >= 0.6 is 12.8 Å². The highest BCUT2D eigenvalue weighted by Gasteiger charge is 2.24. The molecule has 5 heteroatoms.